The van der Waals surface area contributed by atoms with Gasteiger partial charge in [-0.2, -0.15) is 0 Å². The topological polar surface area (TPSA) is 73.6 Å². The first kappa shape index (κ1) is 16.5. The monoisotopic (exact) mass is 329 g/mol. The van der Waals surface area contributed by atoms with Gasteiger partial charge in [-0.3, -0.25) is 10.2 Å². The second-order valence-corrected chi connectivity index (χ2v) is 5.92. The molecule has 1 saturated heterocycles. The Hall–Kier alpha value is -2.38. The zero-order chi connectivity index (χ0) is 16.9. The standard InChI is InChI=1S/C17H23N5O2/c1-14-13-22(15-5-3-2-4-6-15)19-16(14)18-17(24)21-9-7-20(8-10-21)11-12-23/h2-6,13,23H,7-12H2,1H3,(H,18,19,24). The number of β-amino-alcohol motifs (C(OH)–C–C–N with tert-alkyl or cyclic N) is 1. The van der Waals surface area contributed by atoms with Crippen LogP contribution in [0.25, 0.3) is 5.69 Å². The Balaban J connectivity index is 1.62. The predicted octanol–water partition coefficient (Wildman–Crippen LogP) is 1.32. The summed E-state index contributed by atoms with van der Waals surface area (Å²) in [5, 5.41) is 16.3. The first-order chi connectivity index (χ1) is 11.7. The zero-order valence-corrected chi connectivity index (χ0v) is 13.9. The molecule has 0 atom stereocenters. The van der Waals surface area contributed by atoms with Gasteiger partial charge in [-0.05, 0) is 19.1 Å². The second kappa shape index (κ2) is 7.46. The summed E-state index contributed by atoms with van der Waals surface area (Å²) in [6.45, 7) is 5.63. The third-order valence-electron chi connectivity index (χ3n) is 4.22. The lowest BCUT2D eigenvalue weighted by Gasteiger charge is -2.34. The lowest BCUT2D eigenvalue weighted by Crippen LogP contribution is -2.50. The minimum Gasteiger partial charge on any atom is -0.395 e. The smallest absolute Gasteiger partial charge is 0.323 e. The Morgan fingerprint density at radius 1 is 1.21 bits per heavy atom. The molecule has 2 amide bonds. The average molecular weight is 329 g/mol. The molecule has 3 rings (SSSR count). The van der Waals surface area contributed by atoms with E-state index in [1.54, 1.807) is 9.58 Å². The molecule has 0 saturated carbocycles. The number of piperazine rings is 1. The summed E-state index contributed by atoms with van der Waals surface area (Å²) in [5.41, 5.74) is 1.88. The second-order valence-electron chi connectivity index (χ2n) is 5.92. The van der Waals surface area contributed by atoms with Crippen molar-refractivity contribution in [1.82, 2.24) is 19.6 Å². The Labute approximate surface area is 141 Å². The Bertz CT molecular complexity index is 678. The summed E-state index contributed by atoms with van der Waals surface area (Å²) in [5.74, 6) is 0.585. The van der Waals surface area contributed by atoms with Gasteiger partial charge < -0.3 is 10.0 Å². The van der Waals surface area contributed by atoms with Gasteiger partial charge in [0.15, 0.2) is 5.82 Å². The molecule has 0 spiro atoms. The minimum absolute atomic E-state index is 0.125. The van der Waals surface area contributed by atoms with E-state index >= 15 is 0 Å². The predicted molar refractivity (Wildman–Crippen MR) is 92.4 cm³/mol. The highest BCUT2D eigenvalue weighted by Crippen LogP contribution is 2.16. The third kappa shape index (κ3) is 3.74. The van der Waals surface area contributed by atoms with Crippen molar-refractivity contribution in [2.24, 2.45) is 0 Å². The van der Waals surface area contributed by atoms with Crippen LogP contribution in [0.1, 0.15) is 5.56 Å². The van der Waals surface area contributed by atoms with E-state index in [0.29, 0.717) is 25.5 Å². The van der Waals surface area contributed by atoms with Crippen molar-refractivity contribution in [1.29, 1.82) is 0 Å². The minimum atomic E-state index is -0.125. The van der Waals surface area contributed by atoms with Crippen LogP contribution in [0.2, 0.25) is 0 Å². The molecule has 0 radical (unpaired) electrons. The molecule has 1 aliphatic heterocycles. The molecule has 1 fully saturated rings. The van der Waals surface area contributed by atoms with Crippen LogP contribution in [0.3, 0.4) is 0 Å². The molecular formula is C17H23N5O2. The van der Waals surface area contributed by atoms with E-state index in [1.165, 1.54) is 0 Å². The van der Waals surface area contributed by atoms with Crippen molar-refractivity contribution in [3.8, 4) is 5.69 Å². The molecule has 0 bridgehead atoms. The third-order valence-corrected chi connectivity index (χ3v) is 4.22. The molecule has 1 aromatic carbocycles. The van der Waals surface area contributed by atoms with E-state index in [2.05, 4.69) is 15.3 Å². The largest absolute Gasteiger partial charge is 0.395 e. The number of aliphatic hydroxyl groups excluding tert-OH is 1. The molecule has 2 heterocycles. The first-order valence-electron chi connectivity index (χ1n) is 8.18. The van der Waals surface area contributed by atoms with Crippen molar-refractivity contribution < 1.29 is 9.90 Å². The molecule has 7 nitrogen and oxygen atoms in total. The number of hydrogen-bond donors (Lipinski definition) is 2. The number of carbonyl (C=O) groups is 1. The molecular weight excluding hydrogens is 306 g/mol. The van der Waals surface area contributed by atoms with Gasteiger partial charge in [0.2, 0.25) is 0 Å². The lowest BCUT2D eigenvalue weighted by atomic mass is 10.3. The van der Waals surface area contributed by atoms with Crippen molar-refractivity contribution in [2.45, 2.75) is 6.92 Å². The average Bonchev–Trinajstić information content (AvgIpc) is 2.97. The summed E-state index contributed by atoms with van der Waals surface area (Å²) >= 11 is 0. The summed E-state index contributed by atoms with van der Waals surface area (Å²) in [7, 11) is 0. The molecule has 1 aliphatic rings. The quantitative estimate of drug-likeness (QED) is 0.887. The highest BCUT2D eigenvalue weighted by atomic mass is 16.3. The number of rotatable bonds is 4. The molecule has 0 aliphatic carbocycles. The SMILES string of the molecule is Cc1cn(-c2ccccc2)nc1NC(=O)N1CCN(CCO)CC1. The van der Waals surface area contributed by atoms with Gasteiger partial charge in [0.1, 0.15) is 0 Å². The number of nitrogens with zero attached hydrogens (tertiary/aromatic N) is 4. The fraction of sp³-hybridized carbons (Fsp3) is 0.412. The molecule has 1 aromatic heterocycles. The van der Waals surface area contributed by atoms with Gasteiger partial charge in [-0.25, -0.2) is 9.48 Å². The molecule has 0 unspecified atom stereocenters. The van der Waals surface area contributed by atoms with E-state index < -0.39 is 0 Å². The van der Waals surface area contributed by atoms with Crippen LogP contribution in [-0.2, 0) is 0 Å². The molecule has 2 aromatic rings. The number of nitrogens with one attached hydrogen (secondary N) is 1. The number of para-hydroxylation sites is 1. The van der Waals surface area contributed by atoms with Gasteiger partial charge in [0, 0.05) is 44.5 Å². The Kier molecular flexibility index (Phi) is 5.12. The maximum atomic E-state index is 12.4. The van der Waals surface area contributed by atoms with Gasteiger partial charge in [0.25, 0.3) is 0 Å². The van der Waals surface area contributed by atoms with Crippen LogP contribution in [0, 0.1) is 6.92 Å². The summed E-state index contributed by atoms with van der Waals surface area (Å²) in [4.78, 5) is 16.4. The fourth-order valence-electron chi connectivity index (χ4n) is 2.79. The summed E-state index contributed by atoms with van der Waals surface area (Å²) < 4.78 is 1.77. The van der Waals surface area contributed by atoms with Crippen LogP contribution in [0.15, 0.2) is 36.5 Å². The summed E-state index contributed by atoms with van der Waals surface area (Å²) in [6, 6.07) is 9.68. The maximum absolute atomic E-state index is 12.4. The van der Waals surface area contributed by atoms with E-state index in [4.69, 9.17) is 5.11 Å². The number of hydrogen-bond acceptors (Lipinski definition) is 4. The van der Waals surface area contributed by atoms with E-state index in [-0.39, 0.29) is 12.6 Å². The van der Waals surface area contributed by atoms with Crippen molar-refractivity contribution in [3.63, 3.8) is 0 Å². The van der Waals surface area contributed by atoms with Crippen LogP contribution < -0.4 is 5.32 Å². The molecule has 7 heteroatoms. The Morgan fingerprint density at radius 3 is 2.58 bits per heavy atom. The highest BCUT2D eigenvalue weighted by molar-refractivity contribution is 5.89. The van der Waals surface area contributed by atoms with Crippen LogP contribution in [0.5, 0.6) is 0 Å². The number of aryl methyl sites for hydroxylation is 1. The van der Waals surface area contributed by atoms with Gasteiger partial charge >= 0.3 is 6.03 Å². The number of amides is 2. The van der Waals surface area contributed by atoms with Crippen molar-refractivity contribution in [3.05, 3.63) is 42.1 Å². The molecule has 24 heavy (non-hydrogen) atoms. The van der Waals surface area contributed by atoms with E-state index in [9.17, 15) is 4.79 Å². The number of benzene rings is 1. The van der Waals surface area contributed by atoms with Crippen LogP contribution in [-0.4, -0.2) is 70.0 Å². The maximum Gasteiger partial charge on any atom is 0.323 e. The number of urea groups is 1. The zero-order valence-electron chi connectivity index (χ0n) is 13.9. The normalized spacial score (nSPS) is 15.5. The van der Waals surface area contributed by atoms with Crippen molar-refractivity contribution >= 4 is 11.8 Å². The number of aliphatic hydroxyl groups is 1. The van der Waals surface area contributed by atoms with E-state index in [0.717, 1.165) is 24.3 Å². The number of anilines is 1. The highest BCUT2D eigenvalue weighted by Gasteiger charge is 2.21. The van der Waals surface area contributed by atoms with Gasteiger partial charge in [0.05, 0.1) is 12.3 Å². The van der Waals surface area contributed by atoms with E-state index in [1.807, 2.05) is 43.5 Å². The van der Waals surface area contributed by atoms with Gasteiger partial charge in [-0.15, -0.1) is 5.10 Å². The van der Waals surface area contributed by atoms with Crippen LogP contribution >= 0.6 is 0 Å². The Morgan fingerprint density at radius 2 is 1.92 bits per heavy atom. The fourth-order valence-corrected chi connectivity index (χ4v) is 2.79. The summed E-state index contributed by atoms with van der Waals surface area (Å²) in [6.07, 6.45) is 1.91. The lowest BCUT2D eigenvalue weighted by molar-refractivity contribution is 0.127. The number of carbonyl (C=O) groups excluding carboxylic acids is 1. The molecule has 128 valence electrons. The van der Waals surface area contributed by atoms with Gasteiger partial charge in [-0.1, -0.05) is 18.2 Å². The van der Waals surface area contributed by atoms with Crippen LogP contribution in [0.4, 0.5) is 10.6 Å². The first-order valence-corrected chi connectivity index (χ1v) is 8.18. The molecule has 2 N–H and O–H groups in total. The number of aromatic nitrogens is 2. The van der Waals surface area contributed by atoms with Crippen molar-refractivity contribution in [2.75, 3.05) is 44.6 Å².